The normalized spacial score (nSPS) is 19.6. The molecule has 1 aromatic rings. The zero-order valence-corrected chi connectivity index (χ0v) is 22.0. The number of anilines is 1. The summed E-state index contributed by atoms with van der Waals surface area (Å²) in [7, 11) is 0.799. The van der Waals surface area contributed by atoms with Crippen LogP contribution in [0.2, 0.25) is 0 Å². The molecule has 0 saturated heterocycles. The Morgan fingerprint density at radius 1 is 0.964 bits per heavy atom. The fourth-order valence-electron chi connectivity index (χ4n) is 5.88. The van der Waals surface area contributed by atoms with Gasteiger partial charge in [-0.05, 0) is 58.1 Å². The molecule has 2 rings (SSSR count). The lowest BCUT2D eigenvalue weighted by Crippen LogP contribution is -2.49. The maximum atomic E-state index is 6.54. The summed E-state index contributed by atoms with van der Waals surface area (Å²) in [6.45, 7) is 18.7. The van der Waals surface area contributed by atoms with Crippen LogP contribution in [0.4, 0.5) is 5.69 Å². The fourth-order valence-corrected chi connectivity index (χ4v) is 6.53. The average Bonchev–Trinajstić information content (AvgIpc) is 2.57. The second-order valence-electron chi connectivity index (χ2n) is 11.7. The summed E-state index contributed by atoms with van der Waals surface area (Å²) in [5.41, 5.74) is 10.3. The summed E-state index contributed by atoms with van der Waals surface area (Å²) in [4.78, 5) is 0. The molecule has 0 bridgehead atoms. The van der Waals surface area contributed by atoms with Crippen LogP contribution in [0.5, 0.6) is 0 Å². The van der Waals surface area contributed by atoms with E-state index >= 15 is 0 Å². The van der Waals surface area contributed by atoms with Gasteiger partial charge in [0.05, 0.1) is 6.10 Å². The third-order valence-corrected chi connectivity index (χ3v) is 7.57. The van der Waals surface area contributed by atoms with Crippen molar-refractivity contribution in [1.82, 2.24) is 0 Å². The summed E-state index contributed by atoms with van der Waals surface area (Å²) < 4.78 is 6.40. The van der Waals surface area contributed by atoms with Gasteiger partial charge in [0.25, 0.3) is 0 Å². The minimum atomic E-state index is -0.00465. The van der Waals surface area contributed by atoms with Crippen LogP contribution >= 0.6 is 0 Å². The molecule has 2 atom stereocenters. The Bertz CT molecular complexity index is 647. The third kappa shape index (κ3) is 5.02. The predicted octanol–water partition coefficient (Wildman–Crippen LogP) is 5.75. The van der Waals surface area contributed by atoms with Crippen LogP contribution in [0.15, 0.2) is 18.2 Å². The van der Waals surface area contributed by atoms with Gasteiger partial charge in [0.15, 0.2) is 0 Å². The molecule has 2 nitrogen and oxygen atoms in total. The monoisotopic (exact) mass is 403 g/mol. The quantitative estimate of drug-likeness (QED) is 0.501. The van der Waals surface area contributed by atoms with Crippen LogP contribution in [0.25, 0.3) is 0 Å². The highest BCUT2D eigenvalue weighted by Gasteiger charge is 2.46. The van der Waals surface area contributed by atoms with E-state index < -0.39 is 0 Å². The second-order valence-corrected chi connectivity index (χ2v) is 12.2. The molecule has 0 aromatic heterocycles. The van der Waals surface area contributed by atoms with Crippen molar-refractivity contribution >= 4 is 16.2 Å². The molecule has 28 heavy (non-hydrogen) atoms. The van der Waals surface area contributed by atoms with Gasteiger partial charge in [-0.1, -0.05) is 86.8 Å². The lowest BCUT2D eigenvalue weighted by atomic mass is 9.58. The number of hydrogen-bond donors (Lipinski definition) is 1. The maximum Gasteiger partial charge on any atom is 0.146 e. The molecule has 2 unspecified atom stereocenters. The molecule has 0 heterocycles. The Morgan fingerprint density at radius 2 is 1.54 bits per heavy atom. The smallest absolute Gasteiger partial charge is 0.146 e. The zero-order valence-electron chi connectivity index (χ0n) is 20.0. The van der Waals surface area contributed by atoms with Crippen molar-refractivity contribution in [1.29, 1.82) is 0 Å². The number of benzene rings is 1. The standard InChI is InChI=1S/C25H45NOSi/c1-23(2,3)19-15-14-18(16-20(19)26)25(7,8)22(24(4,5)6)21(27-28)17-12-10-9-11-13-17/h14-17,21-22H,9-13,26H2,1-8,28H3. The first-order valence-corrected chi connectivity index (χ1v) is 12.0. The first kappa shape index (κ1) is 23.5. The number of rotatable bonds is 5. The van der Waals surface area contributed by atoms with Crippen molar-refractivity contribution in [2.75, 3.05) is 5.73 Å². The van der Waals surface area contributed by atoms with Crippen LogP contribution in [0.3, 0.4) is 0 Å². The molecule has 1 aromatic carbocycles. The van der Waals surface area contributed by atoms with Crippen LogP contribution in [0.1, 0.15) is 98.6 Å². The summed E-state index contributed by atoms with van der Waals surface area (Å²) in [5.74, 6) is 1.14. The van der Waals surface area contributed by atoms with Crippen LogP contribution in [0, 0.1) is 17.3 Å². The van der Waals surface area contributed by atoms with Gasteiger partial charge in [0, 0.05) is 5.69 Å². The van der Waals surface area contributed by atoms with Crippen molar-refractivity contribution in [2.24, 2.45) is 17.3 Å². The predicted molar refractivity (Wildman–Crippen MR) is 127 cm³/mol. The number of nitrogens with two attached hydrogens (primary N) is 1. The molecule has 0 amide bonds. The van der Waals surface area contributed by atoms with Crippen LogP contribution in [-0.2, 0) is 15.3 Å². The topological polar surface area (TPSA) is 35.2 Å². The van der Waals surface area contributed by atoms with E-state index in [2.05, 4.69) is 73.6 Å². The van der Waals surface area contributed by atoms with Gasteiger partial charge in [0.1, 0.15) is 10.5 Å². The molecule has 1 saturated carbocycles. The van der Waals surface area contributed by atoms with E-state index in [0.717, 1.165) is 16.2 Å². The molecular formula is C25H45NOSi. The SMILES string of the molecule is CC(C)(C)c1ccc(C(C)(C)C(C(O[SiH3])C2CCCCC2)C(C)(C)C)cc1N. The highest BCUT2D eigenvalue weighted by molar-refractivity contribution is 5.98. The molecule has 1 aliphatic rings. The molecular weight excluding hydrogens is 358 g/mol. The Balaban J connectivity index is 2.48. The lowest BCUT2D eigenvalue weighted by Gasteiger charge is -2.50. The Kier molecular flexibility index (Phi) is 7.14. The van der Waals surface area contributed by atoms with Gasteiger partial charge in [0.2, 0.25) is 0 Å². The van der Waals surface area contributed by atoms with Gasteiger partial charge >= 0.3 is 0 Å². The Morgan fingerprint density at radius 3 is 1.96 bits per heavy atom. The number of nitrogen functional groups attached to an aromatic ring is 1. The minimum Gasteiger partial charge on any atom is -0.424 e. The maximum absolute atomic E-state index is 6.54. The van der Waals surface area contributed by atoms with E-state index in [1.54, 1.807) is 0 Å². The van der Waals surface area contributed by atoms with E-state index in [9.17, 15) is 0 Å². The van der Waals surface area contributed by atoms with Gasteiger partial charge in [-0.3, -0.25) is 0 Å². The molecule has 0 aliphatic heterocycles. The molecule has 1 fully saturated rings. The summed E-state index contributed by atoms with van der Waals surface area (Å²) in [6, 6.07) is 6.81. The number of hydrogen-bond acceptors (Lipinski definition) is 2. The Hall–Kier alpha value is -0.803. The fraction of sp³-hybridized carbons (Fsp3) is 0.760. The van der Waals surface area contributed by atoms with Gasteiger partial charge in [-0.15, -0.1) is 0 Å². The summed E-state index contributed by atoms with van der Waals surface area (Å²) in [5, 5.41) is 0. The van der Waals surface area contributed by atoms with E-state index in [1.165, 1.54) is 43.2 Å². The van der Waals surface area contributed by atoms with Gasteiger partial charge in [-0.25, -0.2) is 0 Å². The van der Waals surface area contributed by atoms with E-state index in [4.69, 9.17) is 10.2 Å². The Labute approximate surface area is 177 Å². The van der Waals surface area contributed by atoms with Crippen LogP contribution < -0.4 is 5.73 Å². The molecule has 1 aliphatic carbocycles. The van der Waals surface area contributed by atoms with Crippen molar-refractivity contribution in [2.45, 2.75) is 104 Å². The average molecular weight is 404 g/mol. The second kappa shape index (κ2) is 8.51. The van der Waals surface area contributed by atoms with Crippen molar-refractivity contribution < 1.29 is 4.43 Å². The molecule has 160 valence electrons. The molecule has 0 radical (unpaired) electrons. The summed E-state index contributed by atoms with van der Waals surface area (Å²) in [6.07, 6.45) is 7.08. The van der Waals surface area contributed by atoms with E-state index in [0.29, 0.717) is 17.9 Å². The lowest BCUT2D eigenvalue weighted by molar-refractivity contribution is -0.0251. The van der Waals surface area contributed by atoms with E-state index in [-0.39, 0.29) is 16.2 Å². The first-order chi connectivity index (χ1) is 12.8. The van der Waals surface area contributed by atoms with Crippen LogP contribution in [-0.4, -0.2) is 16.6 Å². The minimum absolute atomic E-state index is 0.00465. The largest absolute Gasteiger partial charge is 0.424 e. The highest BCUT2D eigenvalue weighted by atomic mass is 28.2. The third-order valence-electron chi connectivity index (χ3n) is 7.03. The van der Waals surface area contributed by atoms with Crippen molar-refractivity contribution in [3.63, 3.8) is 0 Å². The summed E-state index contributed by atoms with van der Waals surface area (Å²) >= 11 is 0. The van der Waals surface area contributed by atoms with Crippen molar-refractivity contribution in [3.8, 4) is 0 Å². The molecule has 3 heteroatoms. The molecule has 2 N–H and O–H groups in total. The highest BCUT2D eigenvalue weighted by Crippen LogP contribution is 2.49. The van der Waals surface area contributed by atoms with E-state index in [1.807, 2.05) is 0 Å². The zero-order chi connectivity index (χ0) is 21.3. The van der Waals surface area contributed by atoms with Gasteiger partial charge in [-0.2, -0.15) is 0 Å². The van der Waals surface area contributed by atoms with Crippen molar-refractivity contribution in [3.05, 3.63) is 29.3 Å². The first-order valence-electron chi connectivity index (χ1n) is 11.2. The van der Waals surface area contributed by atoms with Gasteiger partial charge < -0.3 is 10.2 Å². The molecule has 0 spiro atoms.